The highest BCUT2D eigenvalue weighted by atomic mass is 127. The zero-order chi connectivity index (χ0) is 28.3. The number of methoxy groups -OCH3 is 1. The molecule has 0 spiro atoms. The first-order valence-electron chi connectivity index (χ1n) is 12.3. The van der Waals surface area contributed by atoms with Crippen molar-refractivity contribution in [2.75, 3.05) is 20.3 Å². The molecule has 2 heterocycles. The lowest BCUT2D eigenvalue weighted by Gasteiger charge is -2.23. The zero-order valence-corrected chi connectivity index (χ0v) is 26.7. The van der Waals surface area contributed by atoms with E-state index in [2.05, 4.69) is 43.5 Å². The van der Waals surface area contributed by atoms with Gasteiger partial charge in [0.25, 0.3) is 5.56 Å². The molecule has 1 aromatic heterocycles. The van der Waals surface area contributed by atoms with Crippen LogP contribution in [0.15, 0.2) is 56.4 Å². The summed E-state index contributed by atoms with van der Waals surface area (Å²) in [5.41, 5.74) is 1.39. The molecule has 1 aliphatic heterocycles. The third-order valence-corrected chi connectivity index (χ3v) is 7.94. The number of hydrogen-bond acceptors (Lipinski definition) is 8. The smallest absolute Gasteiger partial charge is 0.337 e. The highest BCUT2D eigenvalue weighted by Crippen LogP contribution is 2.35. The van der Waals surface area contributed by atoms with E-state index < -0.39 is 12.0 Å². The van der Waals surface area contributed by atoms with Crippen LogP contribution in [0.2, 0.25) is 0 Å². The van der Waals surface area contributed by atoms with Gasteiger partial charge >= 0.3 is 5.97 Å². The predicted molar refractivity (Wildman–Crippen MR) is 163 cm³/mol. The second-order valence-corrected chi connectivity index (χ2v) is 11.8. The van der Waals surface area contributed by atoms with Crippen molar-refractivity contribution in [3.05, 3.63) is 81.0 Å². The normalized spacial score (nSPS) is 14.9. The monoisotopic (exact) mass is 726 g/mol. The van der Waals surface area contributed by atoms with Crippen LogP contribution in [0.25, 0.3) is 6.08 Å². The van der Waals surface area contributed by atoms with Crippen LogP contribution >= 0.6 is 49.9 Å². The van der Waals surface area contributed by atoms with E-state index in [4.69, 9.17) is 18.9 Å². The third kappa shape index (κ3) is 6.25. The first-order chi connectivity index (χ1) is 18.7. The molecule has 0 fully saturated rings. The molecule has 3 aromatic rings. The molecular weight excluding hydrogens is 699 g/mol. The fourth-order valence-electron chi connectivity index (χ4n) is 4.18. The molecule has 11 heteroatoms. The summed E-state index contributed by atoms with van der Waals surface area (Å²) in [7, 11) is 1.31. The van der Waals surface area contributed by atoms with Crippen molar-refractivity contribution in [1.82, 2.24) is 4.57 Å². The average molecular weight is 727 g/mol. The highest BCUT2D eigenvalue weighted by molar-refractivity contribution is 14.1. The van der Waals surface area contributed by atoms with E-state index in [9.17, 15) is 9.59 Å². The molecule has 0 unspecified atom stereocenters. The van der Waals surface area contributed by atoms with E-state index in [1.807, 2.05) is 45.9 Å². The lowest BCUT2D eigenvalue weighted by atomic mass is 9.97. The van der Waals surface area contributed by atoms with E-state index in [0.29, 0.717) is 45.4 Å². The van der Waals surface area contributed by atoms with Crippen LogP contribution in [0, 0.1) is 3.57 Å². The number of hydrogen-bond donors (Lipinski definition) is 0. The van der Waals surface area contributed by atoms with Gasteiger partial charge in [0, 0.05) is 16.2 Å². The number of benzene rings is 2. The number of carbonyl (C=O) groups is 1. The van der Waals surface area contributed by atoms with E-state index in [-0.39, 0.29) is 17.2 Å². The first-order valence-corrected chi connectivity index (χ1v) is 15.0. The van der Waals surface area contributed by atoms with Gasteiger partial charge in [-0.3, -0.25) is 9.36 Å². The summed E-state index contributed by atoms with van der Waals surface area (Å²) in [5, 5.41) is 0. The number of rotatable bonds is 9. The zero-order valence-electron chi connectivity index (χ0n) is 22.1. The lowest BCUT2D eigenvalue weighted by molar-refractivity contribution is -0.136. The Kier molecular flexibility index (Phi) is 9.55. The van der Waals surface area contributed by atoms with Gasteiger partial charge in [-0.25, -0.2) is 9.79 Å². The van der Waals surface area contributed by atoms with Crippen molar-refractivity contribution in [2.24, 2.45) is 4.99 Å². The Morgan fingerprint density at radius 1 is 1.18 bits per heavy atom. The van der Waals surface area contributed by atoms with Gasteiger partial charge in [0.15, 0.2) is 16.3 Å². The Balaban J connectivity index is 1.93. The molecule has 39 heavy (non-hydrogen) atoms. The molecule has 1 atom stereocenters. The number of aromatic nitrogens is 1. The minimum absolute atomic E-state index is 0.0464. The maximum absolute atomic E-state index is 13.9. The van der Waals surface area contributed by atoms with Gasteiger partial charge in [-0.05, 0) is 86.2 Å². The largest absolute Gasteiger partial charge is 0.490 e. The Morgan fingerprint density at radius 2 is 1.90 bits per heavy atom. The second kappa shape index (κ2) is 12.7. The van der Waals surface area contributed by atoms with Gasteiger partial charge in [-0.1, -0.05) is 33.3 Å². The number of esters is 1. The summed E-state index contributed by atoms with van der Waals surface area (Å²) >= 11 is 7.01. The number of carbonyl (C=O) groups excluding carboxylic acids is 1. The van der Waals surface area contributed by atoms with E-state index in [0.717, 1.165) is 13.6 Å². The SMILES string of the molecule is CCOc1ccc([C@H]2C(C(=O)OC)=CN=c3s/c(=C/c4cc(Br)cc(I)c4OC(C)C)c(=O)n32)cc1OCC. The summed E-state index contributed by atoms with van der Waals surface area (Å²) in [5.74, 6) is 1.23. The van der Waals surface area contributed by atoms with Gasteiger partial charge in [-0.15, -0.1) is 0 Å². The summed E-state index contributed by atoms with van der Waals surface area (Å²) in [6.45, 7) is 8.59. The quantitative estimate of drug-likeness (QED) is 0.229. The Hall–Kier alpha value is -2.64. The Bertz CT molecular complexity index is 1610. The maximum atomic E-state index is 13.9. The van der Waals surface area contributed by atoms with E-state index in [1.54, 1.807) is 18.2 Å². The number of fused-ring (bicyclic) bond motifs is 1. The molecule has 2 aromatic carbocycles. The molecule has 0 radical (unpaired) electrons. The minimum Gasteiger partial charge on any atom is -0.490 e. The van der Waals surface area contributed by atoms with Crippen molar-refractivity contribution in [1.29, 1.82) is 0 Å². The molecule has 0 N–H and O–H groups in total. The van der Waals surface area contributed by atoms with Crippen molar-refractivity contribution in [2.45, 2.75) is 39.8 Å². The Labute approximate surface area is 252 Å². The molecule has 0 saturated heterocycles. The molecule has 206 valence electrons. The third-order valence-electron chi connectivity index (χ3n) is 5.69. The molecule has 0 saturated carbocycles. The fourth-order valence-corrected chi connectivity index (χ4v) is 6.81. The highest BCUT2D eigenvalue weighted by Gasteiger charge is 2.31. The summed E-state index contributed by atoms with van der Waals surface area (Å²) < 4.78 is 26.4. The van der Waals surface area contributed by atoms with Gasteiger partial charge in [-0.2, -0.15) is 0 Å². The Morgan fingerprint density at radius 3 is 2.56 bits per heavy atom. The van der Waals surface area contributed by atoms with E-state index in [1.165, 1.54) is 29.2 Å². The topological polar surface area (TPSA) is 88.4 Å². The number of ether oxygens (including phenoxy) is 4. The minimum atomic E-state index is -0.764. The molecule has 8 nitrogen and oxygen atoms in total. The molecule has 1 aliphatic rings. The van der Waals surface area contributed by atoms with Crippen molar-refractivity contribution >= 4 is 61.9 Å². The van der Waals surface area contributed by atoms with Crippen LogP contribution in [0.5, 0.6) is 17.2 Å². The summed E-state index contributed by atoms with van der Waals surface area (Å²) in [4.78, 5) is 31.7. The lowest BCUT2D eigenvalue weighted by Crippen LogP contribution is -2.39. The first kappa shape index (κ1) is 29.3. The fraction of sp³-hybridized carbons (Fsp3) is 0.321. The van der Waals surface area contributed by atoms with Crippen LogP contribution in [0.3, 0.4) is 0 Å². The standard InChI is InChI=1S/C28H28BrIN2O6S/c1-6-36-21-9-8-16(11-22(21)37-7-2)24-19(27(34)35-5)14-31-28-32(24)26(33)23(39-28)12-17-10-18(29)13-20(30)25(17)38-15(3)4/h8-15,24H,6-7H2,1-5H3/b23-12+/t24-/m0/s1. The number of nitrogens with zero attached hydrogens (tertiary/aromatic N) is 2. The van der Waals surface area contributed by atoms with E-state index >= 15 is 0 Å². The van der Waals surface area contributed by atoms with Gasteiger partial charge in [0.05, 0.1) is 46.1 Å². The van der Waals surface area contributed by atoms with Crippen LogP contribution in [0.1, 0.15) is 44.9 Å². The molecule has 0 bridgehead atoms. The number of thiazole rings is 1. The van der Waals surface area contributed by atoms with Crippen molar-refractivity contribution < 1.29 is 23.7 Å². The van der Waals surface area contributed by atoms with Gasteiger partial charge < -0.3 is 18.9 Å². The predicted octanol–water partition coefficient (Wildman–Crippen LogP) is 4.97. The van der Waals surface area contributed by atoms with Crippen LogP contribution in [-0.4, -0.2) is 37.0 Å². The van der Waals surface area contributed by atoms with Crippen LogP contribution in [-0.2, 0) is 9.53 Å². The summed E-state index contributed by atoms with van der Waals surface area (Å²) in [6.07, 6.45) is 3.23. The maximum Gasteiger partial charge on any atom is 0.337 e. The average Bonchev–Trinajstić information content (AvgIpc) is 3.21. The van der Waals surface area contributed by atoms with Gasteiger partial charge in [0.2, 0.25) is 0 Å². The molecule has 0 aliphatic carbocycles. The van der Waals surface area contributed by atoms with Crippen LogP contribution < -0.4 is 29.1 Å². The second-order valence-electron chi connectivity index (χ2n) is 8.72. The van der Waals surface area contributed by atoms with Crippen molar-refractivity contribution in [3.8, 4) is 17.2 Å². The number of halogens is 2. The molecular formula is C28H28BrIN2O6S. The van der Waals surface area contributed by atoms with Gasteiger partial charge in [0.1, 0.15) is 5.75 Å². The van der Waals surface area contributed by atoms with Crippen molar-refractivity contribution in [3.63, 3.8) is 0 Å². The molecule has 4 rings (SSSR count). The summed E-state index contributed by atoms with van der Waals surface area (Å²) in [6, 6.07) is 8.51. The molecule has 0 amide bonds. The van der Waals surface area contributed by atoms with Crippen LogP contribution in [0.4, 0.5) is 0 Å².